The molecule has 0 radical (unpaired) electrons. The Labute approximate surface area is 140 Å². The van der Waals surface area contributed by atoms with E-state index in [1.54, 1.807) is 19.1 Å². The molecule has 23 heavy (non-hydrogen) atoms. The molecule has 0 amide bonds. The lowest BCUT2D eigenvalue weighted by Gasteiger charge is -2.00. The fourth-order valence-corrected chi connectivity index (χ4v) is 3.35. The van der Waals surface area contributed by atoms with Crippen molar-refractivity contribution in [3.05, 3.63) is 50.9 Å². The summed E-state index contributed by atoms with van der Waals surface area (Å²) in [4.78, 5) is 29.5. The number of thiophene rings is 2. The van der Waals surface area contributed by atoms with Crippen molar-refractivity contribution in [2.75, 3.05) is 0 Å². The van der Waals surface area contributed by atoms with Crippen LogP contribution in [0.5, 0.6) is 0 Å². The van der Waals surface area contributed by atoms with Gasteiger partial charge in [0.05, 0.1) is 9.75 Å². The van der Waals surface area contributed by atoms with E-state index in [1.807, 2.05) is 17.5 Å². The molecule has 0 fully saturated rings. The molecule has 3 rings (SSSR count). The Balaban J connectivity index is 1.68. The molecule has 3 heterocycles. The van der Waals surface area contributed by atoms with Crippen LogP contribution in [-0.2, 0) is 11.3 Å². The van der Waals surface area contributed by atoms with Crippen molar-refractivity contribution in [3.63, 3.8) is 0 Å². The largest absolute Gasteiger partial charge is 0.455 e. The average molecular weight is 347 g/mol. The topological polar surface area (TPSA) is 69.4 Å². The molecule has 0 unspecified atom stereocenters. The number of rotatable bonds is 5. The molecule has 0 spiro atoms. The molecule has 7 heteroatoms. The molecule has 3 aromatic heterocycles. The molecule has 0 aliphatic rings. The van der Waals surface area contributed by atoms with Crippen LogP contribution in [-0.4, -0.2) is 16.7 Å². The van der Waals surface area contributed by atoms with Gasteiger partial charge in [0.2, 0.25) is 5.89 Å². The van der Waals surface area contributed by atoms with Gasteiger partial charge in [-0.2, -0.15) is 0 Å². The molecular weight excluding hydrogens is 334 g/mol. The summed E-state index contributed by atoms with van der Waals surface area (Å²) in [7, 11) is 0. The van der Waals surface area contributed by atoms with Gasteiger partial charge < -0.3 is 9.15 Å². The lowest BCUT2D eigenvalue weighted by atomic mass is 10.3. The minimum atomic E-state index is -0.470. The number of ketones is 1. The SMILES string of the molecule is CC(=O)c1ccc(C(=O)OCc2nc(-c3cccs3)oc2C)s1. The third-order valence-electron chi connectivity index (χ3n) is 3.12. The molecule has 0 bridgehead atoms. The van der Waals surface area contributed by atoms with Crippen LogP contribution < -0.4 is 0 Å². The first-order valence-corrected chi connectivity index (χ1v) is 8.52. The van der Waals surface area contributed by atoms with E-state index in [2.05, 4.69) is 4.98 Å². The monoisotopic (exact) mass is 347 g/mol. The number of carbonyl (C=O) groups excluding carboxylic acids is 2. The highest BCUT2D eigenvalue weighted by Crippen LogP contribution is 2.26. The van der Waals surface area contributed by atoms with Crippen LogP contribution in [0.4, 0.5) is 0 Å². The second-order valence-corrected chi connectivity index (χ2v) is 6.83. The standard InChI is InChI=1S/C16H13NO4S2/c1-9(18)12-5-6-14(23-12)16(19)20-8-11-10(2)21-15(17-11)13-4-3-7-22-13/h3-7H,8H2,1-2H3. The van der Waals surface area contributed by atoms with Gasteiger partial charge in [-0.05, 0) is 37.4 Å². The fourth-order valence-electron chi connectivity index (χ4n) is 1.91. The number of aryl methyl sites for hydroxylation is 1. The second-order valence-electron chi connectivity index (χ2n) is 4.80. The summed E-state index contributed by atoms with van der Waals surface area (Å²) < 4.78 is 10.9. The van der Waals surface area contributed by atoms with E-state index >= 15 is 0 Å². The summed E-state index contributed by atoms with van der Waals surface area (Å²) >= 11 is 2.66. The molecule has 5 nitrogen and oxygen atoms in total. The van der Waals surface area contributed by atoms with Gasteiger partial charge in [-0.3, -0.25) is 4.79 Å². The number of Topliss-reactive ketones (excluding diaryl/α,β-unsaturated/α-hetero) is 1. The van der Waals surface area contributed by atoms with E-state index in [-0.39, 0.29) is 12.4 Å². The van der Waals surface area contributed by atoms with Crippen LogP contribution in [0.25, 0.3) is 10.8 Å². The molecule has 0 N–H and O–H groups in total. The van der Waals surface area contributed by atoms with Crippen molar-refractivity contribution in [2.24, 2.45) is 0 Å². The van der Waals surface area contributed by atoms with Crippen LogP contribution >= 0.6 is 22.7 Å². The molecule has 0 saturated heterocycles. The first-order chi connectivity index (χ1) is 11.0. The number of ether oxygens (including phenoxy) is 1. The maximum atomic E-state index is 12.0. The van der Waals surface area contributed by atoms with Gasteiger partial charge in [0.25, 0.3) is 0 Å². The lowest BCUT2D eigenvalue weighted by molar-refractivity contribution is 0.0472. The van der Waals surface area contributed by atoms with E-state index in [0.717, 1.165) is 16.2 Å². The van der Waals surface area contributed by atoms with Crippen molar-refractivity contribution < 1.29 is 18.7 Å². The Morgan fingerprint density at radius 2 is 2.04 bits per heavy atom. The van der Waals surface area contributed by atoms with E-state index in [1.165, 1.54) is 18.3 Å². The lowest BCUT2D eigenvalue weighted by Crippen LogP contribution is -2.04. The van der Waals surface area contributed by atoms with Crippen molar-refractivity contribution >= 4 is 34.4 Å². The zero-order valence-electron chi connectivity index (χ0n) is 12.5. The number of carbonyl (C=O) groups is 2. The highest BCUT2D eigenvalue weighted by molar-refractivity contribution is 7.15. The summed E-state index contributed by atoms with van der Waals surface area (Å²) in [6, 6.07) is 7.06. The van der Waals surface area contributed by atoms with Gasteiger partial charge >= 0.3 is 5.97 Å². The Hall–Kier alpha value is -2.25. The number of esters is 1. The zero-order valence-corrected chi connectivity index (χ0v) is 14.1. The van der Waals surface area contributed by atoms with Gasteiger partial charge in [-0.15, -0.1) is 22.7 Å². The zero-order chi connectivity index (χ0) is 16.4. The van der Waals surface area contributed by atoms with E-state index in [0.29, 0.717) is 27.1 Å². The molecule has 0 atom stereocenters. The normalized spacial score (nSPS) is 10.7. The van der Waals surface area contributed by atoms with Crippen LogP contribution in [0.3, 0.4) is 0 Å². The maximum absolute atomic E-state index is 12.0. The Bertz CT molecular complexity index is 845. The van der Waals surface area contributed by atoms with E-state index < -0.39 is 5.97 Å². The third-order valence-corrected chi connectivity index (χ3v) is 5.14. The summed E-state index contributed by atoms with van der Waals surface area (Å²) in [5.74, 6) is 0.611. The summed E-state index contributed by atoms with van der Waals surface area (Å²) in [5, 5.41) is 1.94. The quantitative estimate of drug-likeness (QED) is 0.507. The number of oxazole rings is 1. The predicted octanol–water partition coefficient (Wildman–Crippen LogP) is 4.33. The number of hydrogen-bond acceptors (Lipinski definition) is 7. The Morgan fingerprint density at radius 3 is 2.70 bits per heavy atom. The molecule has 0 aromatic carbocycles. The Kier molecular flexibility index (Phi) is 4.40. The summed E-state index contributed by atoms with van der Waals surface area (Å²) in [6.45, 7) is 3.28. The molecule has 0 aliphatic carbocycles. The van der Waals surface area contributed by atoms with E-state index in [9.17, 15) is 9.59 Å². The Morgan fingerprint density at radius 1 is 1.26 bits per heavy atom. The molecule has 118 valence electrons. The first-order valence-electron chi connectivity index (χ1n) is 6.82. The highest BCUT2D eigenvalue weighted by Gasteiger charge is 2.16. The number of hydrogen-bond donors (Lipinski definition) is 0. The molecule has 0 aliphatic heterocycles. The second kappa shape index (κ2) is 6.47. The molecular formula is C16H13NO4S2. The summed E-state index contributed by atoms with van der Waals surface area (Å²) in [5.41, 5.74) is 0.588. The summed E-state index contributed by atoms with van der Waals surface area (Å²) in [6.07, 6.45) is 0. The van der Waals surface area contributed by atoms with Crippen LogP contribution in [0.15, 0.2) is 34.1 Å². The highest BCUT2D eigenvalue weighted by atomic mass is 32.1. The van der Waals surface area contributed by atoms with Crippen molar-refractivity contribution in [2.45, 2.75) is 20.5 Å². The smallest absolute Gasteiger partial charge is 0.348 e. The van der Waals surface area contributed by atoms with Gasteiger partial charge in [0, 0.05) is 0 Å². The van der Waals surface area contributed by atoms with Crippen LogP contribution in [0.2, 0.25) is 0 Å². The van der Waals surface area contributed by atoms with Gasteiger partial charge in [0.15, 0.2) is 5.78 Å². The third kappa shape index (κ3) is 3.40. The minimum Gasteiger partial charge on any atom is -0.455 e. The maximum Gasteiger partial charge on any atom is 0.348 e. The number of aromatic nitrogens is 1. The van der Waals surface area contributed by atoms with Gasteiger partial charge in [0.1, 0.15) is 22.9 Å². The fraction of sp³-hybridized carbons (Fsp3) is 0.188. The van der Waals surface area contributed by atoms with Gasteiger partial charge in [-0.1, -0.05) is 6.07 Å². The minimum absolute atomic E-state index is 0.0346. The molecule has 3 aromatic rings. The van der Waals surface area contributed by atoms with Crippen molar-refractivity contribution in [1.29, 1.82) is 0 Å². The van der Waals surface area contributed by atoms with Crippen molar-refractivity contribution in [3.8, 4) is 10.8 Å². The van der Waals surface area contributed by atoms with E-state index in [4.69, 9.17) is 9.15 Å². The average Bonchev–Trinajstić information content (AvgIpc) is 3.25. The number of nitrogens with zero attached hydrogens (tertiary/aromatic N) is 1. The van der Waals surface area contributed by atoms with Crippen LogP contribution in [0.1, 0.15) is 37.7 Å². The molecule has 0 saturated carbocycles. The predicted molar refractivity (Wildman–Crippen MR) is 88.0 cm³/mol. The van der Waals surface area contributed by atoms with Crippen molar-refractivity contribution in [1.82, 2.24) is 4.98 Å². The first kappa shape index (κ1) is 15.6. The van der Waals surface area contributed by atoms with Crippen LogP contribution in [0, 0.1) is 6.92 Å². The van der Waals surface area contributed by atoms with Gasteiger partial charge in [-0.25, -0.2) is 9.78 Å².